The Bertz CT molecular complexity index is 875. The van der Waals surface area contributed by atoms with Gasteiger partial charge in [0, 0.05) is 17.3 Å². The average molecular weight is 446 g/mol. The topological polar surface area (TPSA) is 39.9 Å². The van der Waals surface area contributed by atoms with Crippen molar-refractivity contribution in [2.45, 2.75) is 43.7 Å². The highest BCUT2D eigenvalue weighted by Crippen LogP contribution is 2.27. The maximum atomic E-state index is 6.07. The van der Waals surface area contributed by atoms with Gasteiger partial charge in [0.15, 0.2) is 17.1 Å². The number of thioether (sulfide) groups is 1. The maximum Gasteiger partial charge on any atom is 0.191 e. The third-order valence-electron chi connectivity index (χ3n) is 4.37. The van der Waals surface area contributed by atoms with Gasteiger partial charge in [-0.3, -0.25) is 0 Å². The zero-order valence-corrected chi connectivity index (χ0v) is 18.4. The van der Waals surface area contributed by atoms with Crippen molar-refractivity contribution in [1.82, 2.24) is 14.8 Å². The lowest BCUT2D eigenvalue weighted by molar-refractivity contribution is 0.211. The first kappa shape index (κ1) is 20.0. The Morgan fingerprint density at radius 1 is 1.00 bits per heavy atom. The molecule has 3 rings (SSSR count). The fourth-order valence-corrected chi connectivity index (χ4v) is 3.86. The van der Waals surface area contributed by atoms with E-state index in [2.05, 4.69) is 76.4 Å². The van der Waals surface area contributed by atoms with Crippen molar-refractivity contribution >= 4 is 27.7 Å². The minimum absolute atomic E-state index is 0.172. The van der Waals surface area contributed by atoms with Gasteiger partial charge in [0.1, 0.15) is 5.75 Å². The molecule has 0 aliphatic carbocycles. The summed E-state index contributed by atoms with van der Waals surface area (Å²) in [5.41, 5.74) is 2.56. The Kier molecular flexibility index (Phi) is 6.60. The van der Waals surface area contributed by atoms with E-state index in [1.54, 1.807) is 11.8 Å². The number of hydrogen-bond donors (Lipinski definition) is 0. The van der Waals surface area contributed by atoms with Crippen molar-refractivity contribution in [2.24, 2.45) is 7.05 Å². The van der Waals surface area contributed by atoms with Crippen LogP contribution in [0.4, 0.5) is 0 Å². The molecule has 1 heterocycles. The number of aromatic nitrogens is 3. The molecule has 0 saturated carbocycles. The first-order valence-corrected chi connectivity index (χ1v) is 10.7. The van der Waals surface area contributed by atoms with E-state index >= 15 is 0 Å². The van der Waals surface area contributed by atoms with Crippen LogP contribution in [0.3, 0.4) is 0 Å². The summed E-state index contributed by atoms with van der Waals surface area (Å²) in [5.74, 6) is 3.03. The third kappa shape index (κ3) is 5.14. The van der Waals surface area contributed by atoms with Gasteiger partial charge < -0.3 is 9.30 Å². The highest BCUT2D eigenvalue weighted by molar-refractivity contribution is 9.10. The SMILES string of the molecule is CC(C)c1ccc(OC(C)c2nnc(SCc3ccc(Br)cc3)n2C)cc1. The van der Waals surface area contributed by atoms with E-state index in [-0.39, 0.29) is 6.10 Å². The molecule has 0 amide bonds. The Morgan fingerprint density at radius 3 is 2.30 bits per heavy atom. The largest absolute Gasteiger partial charge is 0.483 e. The number of benzene rings is 2. The fraction of sp³-hybridized carbons (Fsp3) is 0.333. The Labute approximate surface area is 173 Å². The number of ether oxygens (including phenoxy) is 1. The van der Waals surface area contributed by atoms with E-state index in [0.717, 1.165) is 27.0 Å². The van der Waals surface area contributed by atoms with Crippen LogP contribution in [0.5, 0.6) is 5.75 Å². The van der Waals surface area contributed by atoms with Crippen LogP contribution in [-0.2, 0) is 12.8 Å². The zero-order chi connectivity index (χ0) is 19.4. The van der Waals surface area contributed by atoms with Crippen molar-refractivity contribution in [3.05, 3.63) is 70.0 Å². The molecule has 1 atom stereocenters. The molecule has 0 radical (unpaired) electrons. The number of halogens is 1. The van der Waals surface area contributed by atoms with Gasteiger partial charge in [-0.25, -0.2) is 0 Å². The lowest BCUT2D eigenvalue weighted by Gasteiger charge is -2.15. The maximum absolute atomic E-state index is 6.07. The molecule has 0 aliphatic heterocycles. The van der Waals surface area contributed by atoms with Gasteiger partial charge in [0.2, 0.25) is 0 Å². The van der Waals surface area contributed by atoms with E-state index < -0.39 is 0 Å². The Balaban J connectivity index is 1.63. The zero-order valence-electron chi connectivity index (χ0n) is 16.0. The summed E-state index contributed by atoms with van der Waals surface area (Å²) < 4.78 is 9.17. The van der Waals surface area contributed by atoms with E-state index in [1.807, 2.05) is 30.7 Å². The molecule has 142 valence electrons. The normalized spacial score (nSPS) is 12.4. The second-order valence-electron chi connectivity index (χ2n) is 6.80. The predicted molar refractivity (Wildman–Crippen MR) is 114 cm³/mol. The molecule has 0 N–H and O–H groups in total. The molecule has 0 saturated heterocycles. The van der Waals surface area contributed by atoms with Crippen LogP contribution in [-0.4, -0.2) is 14.8 Å². The number of nitrogens with zero attached hydrogens (tertiary/aromatic N) is 3. The lowest BCUT2D eigenvalue weighted by atomic mass is 10.0. The fourth-order valence-electron chi connectivity index (χ4n) is 2.72. The summed E-state index contributed by atoms with van der Waals surface area (Å²) in [5, 5.41) is 9.57. The van der Waals surface area contributed by atoms with Crippen LogP contribution < -0.4 is 4.74 Å². The number of hydrogen-bond acceptors (Lipinski definition) is 4. The first-order valence-electron chi connectivity index (χ1n) is 8.97. The molecule has 1 unspecified atom stereocenters. The van der Waals surface area contributed by atoms with Gasteiger partial charge in [-0.15, -0.1) is 10.2 Å². The molecule has 27 heavy (non-hydrogen) atoms. The Morgan fingerprint density at radius 2 is 1.67 bits per heavy atom. The highest BCUT2D eigenvalue weighted by Gasteiger charge is 2.17. The van der Waals surface area contributed by atoms with E-state index in [9.17, 15) is 0 Å². The van der Waals surface area contributed by atoms with Crippen LogP contribution >= 0.6 is 27.7 Å². The first-order chi connectivity index (χ1) is 12.9. The number of rotatable bonds is 7. The predicted octanol–water partition coefficient (Wildman–Crippen LogP) is 6.13. The van der Waals surface area contributed by atoms with Gasteiger partial charge in [0.05, 0.1) is 0 Å². The summed E-state index contributed by atoms with van der Waals surface area (Å²) in [7, 11) is 1.99. The summed E-state index contributed by atoms with van der Waals surface area (Å²) in [6.45, 7) is 6.38. The Hall–Kier alpha value is -1.79. The molecule has 4 nitrogen and oxygen atoms in total. The standard InChI is InChI=1S/C21H24BrN3OS/c1-14(2)17-7-11-19(12-8-17)26-15(3)20-23-24-21(25(20)4)27-13-16-5-9-18(22)10-6-16/h5-12,14-15H,13H2,1-4H3. The van der Waals surface area contributed by atoms with Crippen molar-refractivity contribution in [3.8, 4) is 5.75 Å². The minimum Gasteiger partial charge on any atom is -0.483 e. The van der Waals surface area contributed by atoms with Gasteiger partial charge in [-0.05, 0) is 48.2 Å². The smallest absolute Gasteiger partial charge is 0.191 e. The van der Waals surface area contributed by atoms with Crippen LogP contribution in [0.2, 0.25) is 0 Å². The molecule has 0 aliphatic rings. The van der Waals surface area contributed by atoms with Gasteiger partial charge in [0.25, 0.3) is 0 Å². The molecule has 0 bridgehead atoms. The van der Waals surface area contributed by atoms with E-state index in [1.165, 1.54) is 11.1 Å². The summed E-state index contributed by atoms with van der Waals surface area (Å²) in [6, 6.07) is 16.6. The van der Waals surface area contributed by atoms with Crippen LogP contribution in [0.25, 0.3) is 0 Å². The molecule has 0 fully saturated rings. The molecular formula is C21H24BrN3OS. The van der Waals surface area contributed by atoms with E-state index in [4.69, 9.17) is 4.74 Å². The van der Waals surface area contributed by atoms with Crippen molar-refractivity contribution < 1.29 is 4.74 Å². The monoisotopic (exact) mass is 445 g/mol. The molecule has 0 spiro atoms. The van der Waals surface area contributed by atoms with Crippen LogP contribution in [0.1, 0.15) is 49.7 Å². The van der Waals surface area contributed by atoms with Crippen molar-refractivity contribution in [1.29, 1.82) is 0 Å². The second kappa shape index (κ2) is 8.93. The summed E-state index contributed by atoms with van der Waals surface area (Å²) >= 11 is 5.14. The molecule has 3 aromatic rings. The van der Waals surface area contributed by atoms with Crippen molar-refractivity contribution in [3.63, 3.8) is 0 Å². The summed E-state index contributed by atoms with van der Waals surface area (Å²) in [6.07, 6.45) is -0.172. The molecule has 1 aromatic heterocycles. The van der Waals surface area contributed by atoms with Gasteiger partial charge >= 0.3 is 0 Å². The minimum atomic E-state index is -0.172. The van der Waals surface area contributed by atoms with Crippen molar-refractivity contribution in [2.75, 3.05) is 0 Å². The molecule has 6 heteroatoms. The summed E-state index contributed by atoms with van der Waals surface area (Å²) in [4.78, 5) is 0. The van der Waals surface area contributed by atoms with Gasteiger partial charge in [-0.1, -0.05) is 65.8 Å². The van der Waals surface area contributed by atoms with Crippen LogP contribution in [0, 0.1) is 0 Å². The molecule has 2 aromatic carbocycles. The van der Waals surface area contributed by atoms with E-state index in [0.29, 0.717) is 5.92 Å². The average Bonchev–Trinajstić information content (AvgIpc) is 3.02. The second-order valence-corrected chi connectivity index (χ2v) is 8.66. The highest BCUT2D eigenvalue weighted by atomic mass is 79.9. The lowest BCUT2D eigenvalue weighted by Crippen LogP contribution is -2.10. The quantitative estimate of drug-likeness (QED) is 0.409. The van der Waals surface area contributed by atoms with Gasteiger partial charge in [-0.2, -0.15) is 0 Å². The van der Waals surface area contributed by atoms with Crippen LogP contribution in [0.15, 0.2) is 58.2 Å². The third-order valence-corrected chi connectivity index (χ3v) is 5.99. The molecular weight excluding hydrogens is 422 g/mol.